The molecule has 0 heterocycles. The van der Waals surface area contributed by atoms with Crippen molar-refractivity contribution >= 4 is 0 Å². The molecule has 0 aliphatic carbocycles. The maximum atomic E-state index is 12.7. The number of nitrogens with two attached hydrogens (primary N) is 1. The van der Waals surface area contributed by atoms with Gasteiger partial charge in [0.05, 0.1) is 5.54 Å². The van der Waals surface area contributed by atoms with E-state index in [0.29, 0.717) is 0 Å². The molecule has 1 aromatic rings. The van der Waals surface area contributed by atoms with Crippen LogP contribution in [0.15, 0.2) is 12.1 Å². The maximum Gasteiger partial charge on any atom is 0.256 e. The number of aryl methyl sites for hydroxylation is 3. The zero-order valence-corrected chi connectivity index (χ0v) is 10.3. The van der Waals surface area contributed by atoms with Crippen molar-refractivity contribution in [1.82, 2.24) is 0 Å². The van der Waals surface area contributed by atoms with Crippen molar-refractivity contribution in [2.45, 2.75) is 46.1 Å². The van der Waals surface area contributed by atoms with E-state index in [0.717, 1.165) is 22.3 Å². The van der Waals surface area contributed by atoms with E-state index in [1.807, 2.05) is 32.9 Å². The Kier molecular flexibility index (Phi) is 3.68. The van der Waals surface area contributed by atoms with Crippen molar-refractivity contribution < 1.29 is 8.78 Å². The van der Waals surface area contributed by atoms with Crippen LogP contribution < -0.4 is 5.73 Å². The summed E-state index contributed by atoms with van der Waals surface area (Å²) in [6.45, 7) is 7.28. The van der Waals surface area contributed by atoms with E-state index in [1.165, 1.54) is 6.92 Å². The first-order chi connectivity index (χ1) is 7.24. The molecule has 1 unspecified atom stereocenters. The smallest absolute Gasteiger partial charge is 0.256 e. The summed E-state index contributed by atoms with van der Waals surface area (Å²) >= 11 is 0. The molecule has 0 saturated heterocycles. The van der Waals surface area contributed by atoms with Crippen LogP contribution in [0.1, 0.15) is 29.2 Å². The quantitative estimate of drug-likeness (QED) is 0.843. The molecule has 0 aliphatic rings. The second-order valence-electron chi connectivity index (χ2n) is 4.86. The highest BCUT2D eigenvalue weighted by atomic mass is 19.3. The van der Waals surface area contributed by atoms with Gasteiger partial charge in [0, 0.05) is 0 Å². The fourth-order valence-corrected chi connectivity index (χ4v) is 1.95. The molecule has 2 N–H and O–H groups in total. The maximum absolute atomic E-state index is 12.7. The van der Waals surface area contributed by atoms with E-state index < -0.39 is 12.0 Å². The van der Waals surface area contributed by atoms with Gasteiger partial charge in [-0.2, -0.15) is 0 Å². The minimum absolute atomic E-state index is 0.211. The highest BCUT2D eigenvalue weighted by Crippen LogP contribution is 2.24. The molecule has 0 bridgehead atoms. The van der Waals surface area contributed by atoms with Crippen molar-refractivity contribution in [1.29, 1.82) is 0 Å². The average Bonchev–Trinajstić information content (AvgIpc) is 2.11. The Morgan fingerprint density at radius 1 is 1.19 bits per heavy atom. The van der Waals surface area contributed by atoms with Gasteiger partial charge in [0.1, 0.15) is 0 Å². The zero-order valence-electron chi connectivity index (χ0n) is 10.3. The number of alkyl halides is 2. The minimum atomic E-state index is -2.51. The van der Waals surface area contributed by atoms with E-state index >= 15 is 0 Å². The minimum Gasteiger partial charge on any atom is -0.320 e. The van der Waals surface area contributed by atoms with Crippen LogP contribution in [0.3, 0.4) is 0 Å². The van der Waals surface area contributed by atoms with Crippen LogP contribution in [0.4, 0.5) is 8.78 Å². The van der Waals surface area contributed by atoms with Gasteiger partial charge in [0.25, 0.3) is 6.43 Å². The predicted octanol–water partition coefficient (Wildman–Crippen LogP) is 3.14. The van der Waals surface area contributed by atoms with Crippen LogP contribution >= 0.6 is 0 Å². The van der Waals surface area contributed by atoms with Gasteiger partial charge in [-0.25, -0.2) is 8.78 Å². The summed E-state index contributed by atoms with van der Waals surface area (Å²) in [5.41, 5.74) is 8.33. The lowest BCUT2D eigenvalue weighted by molar-refractivity contribution is 0.0638. The Bertz CT molecular complexity index is 361. The third-order valence-corrected chi connectivity index (χ3v) is 2.90. The molecule has 90 valence electrons. The Balaban J connectivity index is 3.07. The summed E-state index contributed by atoms with van der Waals surface area (Å²) in [5, 5.41) is 0. The normalized spacial score (nSPS) is 15.2. The second kappa shape index (κ2) is 4.50. The summed E-state index contributed by atoms with van der Waals surface area (Å²) in [4.78, 5) is 0. The summed E-state index contributed by atoms with van der Waals surface area (Å²) in [7, 11) is 0. The zero-order chi connectivity index (χ0) is 12.5. The van der Waals surface area contributed by atoms with E-state index in [1.54, 1.807) is 0 Å². The van der Waals surface area contributed by atoms with Crippen molar-refractivity contribution in [3.8, 4) is 0 Å². The Hall–Kier alpha value is -0.960. The molecule has 1 rings (SSSR count). The van der Waals surface area contributed by atoms with Gasteiger partial charge in [-0.05, 0) is 50.8 Å². The van der Waals surface area contributed by atoms with E-state index in [-0.39, 0.29) is 6.42 Å². The van der Waals surface area contributed by atoms with Crippen LogP contribution in [-0.2, 0) is 6.42 Å². The third kappa shape index (κ3) is 2.79. The monoisotopic (exact) mass is 227 g/mol. The number of hydrogen-bond donors (Lipinski definition) is 1. The number of benzene rings is 1. The Labute approximate surface area is 95.7 Å². The molecule has 0 amide bonds. The summed E-state index contributed by atoms with van der Waals surface area (Å²) in [6.07, 6.45) is -2.30. The lowest BCUT2D eigenvalue weighted by Crippen LogP contribution is -2.46. The average molecular weight is 227 g/mol. The molecule has 0 radical (unpaired) electrons. The largest absolute Gasteiger partial charge is 0.320 e. The first-order valence-corrected chi connectivity index (χ1v) is 5.38. The molecule has 3 heteroatoms. The molecular weight excluding hydrogens is 208 g/mol. The van der Waals surface area contributed by atoms with Crippen molar-refractivity contribution in [3.63, 3.8) is 0 Å². The van der Waals surface area contributed by atoms with Gasteiger partial charge in [-0.3, -0.25) is 0 Å². The molecule has 16 heavy (non-hydrogen) atoms. The molecule has 1 aromatic carbocycles. The van der Waals surface area contributed by atoms with Crippen LogP contribution in [0.25, 0.3) is 0 Å². The van der Waals surface area contributed by atoms with Crippen LogP contribution in [0, 0.1) is 20.8 Å². The van der Waals surface area contributed by atoms with E-state index in [9.17, 15) is 8.78 Å². The van der Waals surface area contributed by atoms with Gasteiger partial charge in [-0.1, -0.05) is 17.7 Å². The van der Waals surface area contributed by atoms with Crippen LogP contribution in [-0.4, -0.2) is 12.0 Å². The number of halogens is 2. The Morgan fingerprint density at radius 3 is 2.00 bits per heavy atom. The lowest BCUT2D eigenvalue weighted by atomic mass is 9.88. The van der Waals surface area contributed by atoms with Crippen LogP contribution in [0.2, 0.25) is 0 Å². The van der Waals surface area contributed by atoms with E-state index in [2.05, 4.69) is 0 Å². The summed E-state index contributed by atoms with van der Waals surface area (Å²) in [6, 6.07) is 4.01. The molecule has 0 aliphatic heterocycles. The van der Waals surface area contributed by atoms with E-state index in [4.69, 9.17) is 5.73 Å². The standard InChI is InChI=1S/C13H19F2N/c1-8-5-9(2)11(10(3)6-8)7-13(4,16)12(14)15/h5-6,12H,7,16H2,1-4H3. The SMILES string of the molecule is Cc1cc(C)c(CC(C)(N)C(F)F)c(C)c1. The third-order valence-electron chi connectivity index (χ3n) is 2.90. The highest BCUT2D eigenvalue weighted by molar-refractivity contribution is 5.38. The second-order valence-corrected chi connectivity index (χ2v) is 4.86. The highest BCUT2D eigenvalue weighted by Gasteiger charge is 2.31. The van der Waals surface area contributed by atoms with Crippen molar-refractivity contribution in [3.05, 3.63) is 34.4 Å². The molecule has 0 aromatic heterocycles. The molecule has 0 fully saturated rings. The Morgan fingerprint density at radius 2 is 1.62 bits per heavy atom. The topological polar surface area (TPSA) is 26.0 Å². The first kappa shape index (κ1) is 13.1. The van der Waals surface area contributed by atoms with Crippen LogP contribution in [0.5, 0.6) is 0 Å². The van der Waals surface area contributed by atoms with Crippen molar-refractivity contribution in [2.75, 3.05) is 0 Å². The molecule has 1 nitrogen and oxygen atoms in total. The molecule has 0 saturated carbocycles. The first-order valence-electron chi connectivity index (χ1n) is 5.38. The van der Waals surface area contributed by atoms with Gasteiger partial charge < -0.3 is 5.73 Å². The molecule has 1 atom stereocenters. The summed E-state index contributed by atoms with van der Waals surface area (Å²) < 4.78 is 25.4. The van der Waals surface area contributed by atoms with Gasteiger partial charge >= 0.3 is 0 Å². The molecular formula is C13H19F2N. The fourth-order valence-electron chi connectivity index (χ4n) is 1.95. The number of rotatable bonds is 3. The van der Waals surface area contributed by atoms with Crippen molar-refractivity contribution in [2.24, 2.45) is 5.73 Å². The number of hydrogen-bond acceptors (Lipinski definition) is 1. The van der Waals surface area contributed by atoms with Gasteiger partial charge in [-0.15, -0.1) is 0 Å². The van der Waals surface area contributed by atoms with Gasteiger partial charge in [0.2, 0.25) is 0 Å². The summed E-state index contributed by atoms with van der Waals surface area (Å²) in [5.74, 6) is 0. The van der Waals surface area contributed by atoms with Gasteiger partial charge in [0.15, 0.2) is 0 Å². The lowest BCUT2D eigenvalue weighted by Gasteiger charge is -2.25. The predicted molar refractivity (Wildman–Crippen MR) is 63.0 cm³/mol. The fraction of sp³-hybridized carbons (Fsp3) is 0.538. The molecule has 0 spiro atoms.